The van der Waals surface area contributed by atoms with E-state index in [2.05, 4.69) is 22.4 Å². The SMILES string of the molecule is CC[C@H](Oc1ccc2c(c1)CCCC2)C(=O)NCCCn1ccnc1. The fourth-order valence-corrected chi connectivity index (χ4v) is 3.28. The maximum Gasteiger partial charge on any atom is 0.261 e. The van der Waals surface area contributed by atoms with E-state index < -0.39 is 6.10 Å². The van der Waals surface area contributed by atoms with Crippen LogP contribution in [-0.2, 0) is 24.2 Å². The first-order chi connectivity index (χ1) is 12.3. The summed E-state index contributed by atoms with van der Waals surface area (Å²) in [5.74, 6) is 0.770. The van der Waals surface area contributed by atoms with Crippen LogP contribution < -0.4 is 10.1 Å². The van der Waals surface area contributed by atoms with Crippen molar-refractivity contribution in [3.05, 3.63) is 48.0 Å². The number of imidazole rings is 1. The first-order valence-electron chi connectivity index (χ1n) is 9.28. The maximum atomic E-state index is 12.4. The third-order valence-electron chi connectivity index (χ3n) is 4.71. The van der Waals surface area contributed by atoms with Gasteiger partial charge in [0, 0.05) is 25.5 Å². The number of hydrogen-bond donors (Lipinski definition) is 1. The highest BCUT2D eigenvalue weighted by Gasteiger charge is 2.19. The van der Waals surface area contributed by atoms with Gasteiger partial charge in [-0.05, 0) is 61.8 Å². The second-order valence-electron chi connectivity index (χ2n) is 6.60. The van der Waals surface area contributed by atoms with Gasteiger partial charge in [0.2, 0.25) is 0 Å². The molecule has 1 aliphatic rings. The lowest BCUT2D eigenvalue weighted by molar-refractivity contribution is -0.128. The van der Waals surface area contributed by atoms with E-state index in [1.807, 2.05) is 23.8 Å². The van der Waals surface area contributed by atoms with Gasteiger partial charge in [-0.2, -0.15) is 0 Å². The average Bonchev–Trinajstić information content (AvgIpc) is 3.16. The van der Waals surface area contributed by atoms with Crippen LogP contribution in [0.1, 0.15) is 43.7 Å². The smallest absolute Gasteiger partial charge is 0.261 e. The number of aryl methyl sites for hydroxylation is 3. The molecule has 1 atom stereocenters. The van der Waals surface area contributed by atoms with Crippen molar-refractivity contribution in [1.29, 1.82) is 0 Å². The number of carbonyl (C=O) groups excluding carboxylic acids is 1. The van der Waals surface area contributed by atoms with Gasteiger partial charge in [-0.1, -0.05) is 13.0 Å². The minimum absolute atomic E-state index is 0.0362. The van der Waals surface area contributed by atoms with E-state index in [0.29, 0.717) is 13.0 Å². The minimum Gasteiger partial charge on any atom is -0.481 e. The Hall–Kier alpha value is -2.30. The van der Waals surface area contributed by atoms with Crippen LogP contribution in [0.3, 0.4) is 0 Å². The minimum atomic E-state index is -0.435. The van der Waals surface area contributed by atoms with Crippen LogP contribution in [-0.4, -0.2) is 28.1 Å². The van der Waals surface area contributed by atoms with E-state index in [4.69, 9.17) is 4.74 Å². The highest BCUT2D eigenvalue weighted by molar-refractivity contribution is 5.81. The second kappa shape index (κ2) is 8.70. The molecule has 3 rings (SSSR count). The van der Waals surface area contributed by atoms with Crippen molar-refractivity contribution in [1.82, 2.24) is 14.9 Å². The largest absolute Gasteiger partial charge is 0.481 e. The highest BCUT2D eigenvalue weighted by Crippen LogP contribution is 2.26. The summed E-state index contributed by atoms with van der Waals surface area (Å²) in [5.41, 5.74) is 2.80. The maximum absolute atomic E-state index is 12.4. The van der Waals surface area contributed by atoms with Crippen LogP contribution in [0.15, 0.2) is 36.9 Å². The van der Waals surface area contributed by atoms with Crippen LogP contribution in [0.5, 0.6) is 5.75 Å². The molecule has 1 aliphatic carbocycles. The first-order valence-corrected chi connectivity index (χ1v) is 9.28. The molecule has 0 saturated heterocycles. The van der Waals surface area contributed by atoms with Gasteiger partial charge in [0.15, 0.2) is 6.10 Å². The van der Waals surface area contributed by atoms with Crippen LogP contribution in [0, 0.1) is 0 Å². The molecule has 0 bridgehead atoms. The summed E-state index contributed by atoms with van der Waals surface area (Å²) in [7, 11) is 0. The Balaban J connectivity index is 1.48. The van der Waals surface area contributed by atoms with Gasteiger partial charge in [0.25, 0.3) is 5.91 Å². The van der Waals surface area contributed by atoms with E-state index in [9.17, 15) is 4.79 Å². The molecule has 5 nitrogen and oxygen atoms in total. The predicted molar refractivity (Wildman–Crippen MR) is 97.6 cm³/mol. The second-order valence-corrected chi connectivity index (χ2v) is 6.60. The van der Waals surface area contributed by atoms with Gasteiger partial charge in [-0.3, -0.25) is 4.79 Å². The number of rotatable bonds is 8. The summed E-state index contributed by atoms with van der Waals surface area (Å²) in [6.45, 7) is 3.47. The molecule has 0 saturated carbocycles. The average molecular weight is 341 g/mol. The van der Waals surface area contributed by atoms with E-state index in [0.717, 1.165) is 31.6 Å². The molecule has 0 spiro atoms. The molecule has 25 heavy (non-hydrogen) atoms. The van der Waals surface area contributed by atoms with E-state index in [-0.39, 0.29) is 5.91 Å². The molecule has 2 aromatic rings. The van der Waals surface area contributed by atoms with Crippen molar-refractivity contribution >= 4 is 5.91 Å². The standard InChI is InChI=1S/C20H27N3O2/c1-2-19(20(24)22-10-5-12-23-13-11-21-15-23)25-18-9-8-16-6-3-4-7-17(16)14-18/h8-9,11,13-15,19H,2-7,10,12H2,1H3,(H,22,24)/t19-/m0/s1. The van der Waals surface area contributed by atoms with Crippen molar-refractivity contribution in [2.24, 2.45) is 0 Å². The fraction of sp³-hybridized carbons (Fsp3) is 0.500. The molecule has 1 amide bonds. The molecular weight excluding hydrogens is 314 g/mol. The Bertz CT molecular complexity index is 682. The lowest BCUT2D eigenvalue weighted by Crippen LogP contribution is -2.38. The van der Waals surface area contributed by atoms with E-state index in [1.54, 1.807) is 12.5 Å². The summed E-state index contributed by atoms with van der Waals surface area (Å²) in [6, 6.07) is 6.27. The van der Waals surface area contributed by atoms with Gasteiger partial charge in [0.05, 0.1) is 6.33 Å². The zero-order valence-electron chi connectivity index (χ0n) is 14.9. The highest BCUT2D eigenvalue weighted by atomic mass is 16.5. The number of fused-ring (bicyclic) bond motifs is 1. The molecule has 1 aromatic heterocycles. The van der Waals surface area contributed by atoms with Crippen molar-refractivity contribution in [2.75, 3.05) is 6.54 Å². The molecule has 0 radical (unpaired) electrons. The van der Waals surface area contributed by atoms with Gasteiger partial charge in [-0.25, -0.2) is 4.98 Å². The van der Waals surface area contributed by atoms with Crippen LogP contribution >= 0.6 is 0 Å². The van der Waals surface area contributed by atoms with Crippen LogP contribution in [0.4, 0.5) is 0 Å². The number of nitrogens with zero attached hydrogens (tertiary/aromatic N) is 2. The number of hydrogen-bond acceptors (Lipinski definition) is 3. The Labute approximate surface area is 149 Å². The lowest BCUT2D eigenvalue weighted by atomic mass is 9.92. The monoisotopic (exact) mass is 341 g/mol. The summed E-state index contributed by atoms with van der Waals surface area (Å²) < 4.78 is 7.97. The molecule has 1 aromatic carbocycles. The molecule has 0 aliphatic heterocycles. The molecule has 1 heterocycles. The van der Waals surface area contributed by atoms with Gasteiger partial charge in [-0.15, -0.1) is 0 Å². The lowest BCUT2D eigenvalue weighted by Gasteiger charge is -2.20. The van der Waals surface area contributed by atoms with Crippen LogP contribution in [0.2, 0.25) is 0 Å². The Kier molecular flexibility index (Phi) is 6.09. The normalized spacial score (nSPS) is 14.6. The number of amides is 1. The number of carbonyl (C=O) groups is 1. The zero-order chi connectivity index (χ0) is 17.5. The summed E-state index contributed by atoms with van der Waals surface area (Å²) in [5, 5.41) is 2.98. The summed E-state index contributed by atoms with van der Waals surface area (Å²) in [4.78, 5) is 16.4. The van der Waals surface area contributed by atoms with Gasteiger partial charge < -0.3 is 14.6 Å². The molecule has 5 heteroatoms. The molecule has 1 N–H and O–H groups in total. The van der Waals surface area contributed by atoms with Gasteiger partial charge in [0.1, 0.15) is 5.75 Å². The topological polar surface area (TPSA) is 56.1 Å². The first kappa shape index (κ1) is 17.5. The van der Waals surface area contributed by atoms with Crippen molar-refractivity contribution in [3.8, 4) is 5.75 Å². The quantitative estimate of drug-likeness (QED) is 0.751. The number of aromatic nitrogens is 2. The Morgan fingerprint density at radius 1 is 1.32 bits per heavy atom. The van der Waals surface area contributed by atoms with Crippen LogP contribution in [0.25, 0.3) is 0 Å². The van der Waals surface area contributed by atoms with Crippen molar-refractivity contribution < 1.29 is 9.53 Å². The predicted octanol–water partition coefficient (Wildman–Crippen LogP) is 3.13. The van der Waals surface area contributed by atoms with Crippen molar-refractivity contribution in [2.45, 2.75) is 58.1 Å². The number of ether oxygens (including phenoxy) is 1. The number of benzene rings is 1. The van der Waals surface area contributed by atoms with E-state index in [1.165, 1.54) is 24.0 Å². The molecule has 0 unspecified atom stereocenters. The summed E-state index contributed by atoms with van der Waals surface area (Å²) >= 11 is 0. The van der Waals surface area contributed by atoms with Gasteiger partial charge >= 0.3 is 0 Å². The molecular formula is C20H27N3O2. The zero-order valence-corrected chi connectivity index (χ0v) is 14.9. The third kappa shape index (κ3) is 4.84. The third-order valence-corrected chi connectivity index (χ3v) is 4.71. The Morgan fingerprint density at radius 3 is 2.92 bits per heavy atom. The summed E-state index contributed by atoms with van der Waals surface area (Å²) in [6.07, 6.45) is 11.4. The van der Waals surface area contributed by atoms with Crippen molar-refractivity contribution in [3.63, 3.8) is 0 Å². The number of nitrogens with one attached hydrogen (secondary N) is 1. The molecule has 0 fully saturated rings. The Morgan fingerprint density at radius 2 is 2.16 bits per heavy atom. The van der Waals surface area contributed by atoms with E-state index >= 15 is 0 Å². The molecule has 134 valence electrons. The fourth-order valence-electron chi connectivity index (χ4n) is 3.28.